The van der Waals surface area contributed by atoms with E-state index in [1.54, 1.807) is 22.7 Å². The Balaban J connectivity index is 1.81. The average Bonchev–Trinajstić information content (AvgIpc) is 3.11. The van der Waals surface area contributed by atoms with Crippen LogP contribution in [-0.2, 0) is 0 Å². The second-order valence-electron chi connectivity index (χ2n) is 5.30. The monoisotopic (exact) mass is 305 g/mol. The lowest BCUT2D eigenvalue weighted by molar-refractivity contribution is 0.641. The van der Waals surface area contributed by atoms with E-state index in [-0.39, 0.29) is 0 Å². The Kier molecular flexibility index (Phi) is 2.78. The van der Waals surface area contributed by atoms with Gasteiger partial charge in [0.15, 0.2) is 10.8 Å². The van der Waals surface area contributed by atoms with Crippen LogP contribution >= 0.6 is 22.7 Å². The van der Waals surface area contributed by atoms with Crippen LogP contribution in [0.2, 0.25) is 0 Å². The zero-order valence-electron chi connectivity index (χ0n) is 11.2. The molecule has 0 unspecified atom stereocenters. The molecule has 5 nitrogen and oxygen atoms in total. The molecule has 0 radical (unpaired) electrons. The van der Waals surface area contributed by atoms with Crippen LogP contribution in [0, 0.1) is 6.92 Å². The molecule has 20 heavy (non-hydrogen) atoms. The first-order chi connectivity index (χ1) is 9.72. The van der Waals surface area contributed by atoms with Crippen LogP contribution in [0.15, 0.2) is 6.07 Å². The van der Waals surface area contributed by atoms with Gasteiger partial charge in [-0.1, -0.05) is 24.2 Å². The summed E-state index contributed by atoms with van der Waals surface area (Å²) >= 11 is 3.18. The molecular weight excluding hydrogens is 290 g/mol. The molecule has 2 N–H and O–H groups in total. The van der Waals surface area contributed by atoms with Crippen molar-refractivity contribution in [3.05, 3.63) is 17.5 Å². The van der Waals surface area contributed by atoms with E-state index in [2.05, 4.69) is 17.1 Å². The smallest absolute Gasteiger partial charge is 0.235 e. The van der Waals surface area contributed by atoms with Crippen LogP contribution in [0.1, 0.15) is 43.0 Å². The van der Waals surface area contributed by atoms with Gasteiger partial charge in [0, 0.05) is 5.92 Å². The Labute approximate surface area is 124 Å². The Hall–Kier alpha value is -1.47. The SMILES string of the molecule is Cc1cc(N)sc1-c1nn2c(C3CCCC3)nnc2s1. The third-order valence-electron chi connectivity index (χ3n) is 3.87. The number of hydrogen-bond acceptors (Lipinski definition) is 6. The van der Waals surface area contributed by atoms with Crippen LogP contribution in [0.25, 0.3) is 14.8 Å². The van der Waals surface area contributed by atoms with Gasteiger partial charge >= 0.3 is 0 Å². The second kappa shape index (κ2) is 4.53. The van der Waals surface area contributed by atoms with Gasteiger partial charge in [-0.15, -0.1) is 21.5 Å². The molecule has 0 amide bonds. The summed E-state index contributed by atoms with van der Waals surface area (Å²) in [6.45, 7) is 2.07. The van der Waals surface area contributed by atoms with Gasteiger partial charge in [-0.25, -0.2) is 0 Å². The lowest BCUT2D eigenvalue weighted by atomic mass is 10.1. The van der Waals surface area contributed by atoms with Gasteiger partial charge in [0.25, 0.3) is 0 Å². The molecule has 0 atom stereocenters. The number of anilines is 1. The molecule has 3 aromatic heterocycles. The van der Waals surface area contributed by atoms with E-state index in [0.29, 0.717) is 5.92 Å². The van der Waals surface area contributed by atoms with Crippen LogP contribution in [0.4, 0.5) is 5.00 Å². The molecule has 1 fully saturated rings. The summed E-state index contributed by atoms with van der Waals surface area (Å²) in [7, 11) is 0. The van der Waals surface area contributed by atoms with Crippen molar-refractivity contribution < 1.29 is 0 Å². The number of nitrogen functional groups attached to an aromatic ring is 1. The first kappa shape index (κ1) is 12.3. The van der Waals surface area contributed by atoms with Crippen LogP contribution < -0.4 is 5.73 Å². The number of thiophene rings is 1. The molecule has 0 bridgehead atoms. The van der Waals surface area contributed by atoms with Gasteiger partial charge in [0.2, 0.25) is 4.96 Å². The molecule has 0 aromatic carbocycles. The van der Waals surface area contributed by atoms with E-state index in [9.17, 15) is 0 Å². The zero-order chi connectivity index (χ0) is 13.7. The molecule has 7 heteroatoms. The first-order valence-corrected chi connectivity index (χ1v) is 8.44. The van der Waals surface area contributed by atoms with Gasteiger partial charge in [0.05, 0.1) is 9.88 Å². The summed E-state index contributed by atoms with van der Waals surface area (Å²) in [5, 5.41) is 15.2. The quantitative estimate of drug-likeness (QED) is 0.787. The first-order valence-electron chi connectivity index (χ1n) is 6.81. The molecule has 0 spiro atoms. The van der Waals surface area contributed by atoms with Gasteiger partial charge in [-0.05, 0) is 31.4 Å². The molecule has 104 valence electrons. The Morgan fingerprint density at radius 3 is 2.75 bits per heavy atom. The number of aromatic nitrogens is 4. The predicted octanol–water partition coefficient (Wildman–Crippen LogP) is 3.46. The molecule has 0 aliphatic heterocycles. The minimum atomic E-state index is 0.523. The standard InChI is InChI=1S/C13H15N5S2/c1-7-6-9(14)19-10(7)12-17-18-11(8-4-2-3-5-8)15-16-13(18)20-12/h6,8H,2-5,14H2,1H3. The molecule has 3 heterocycles. The molecule has 1 saturated carbocycles. The van der Waals surface area contributed by atoms with E-state index >= 15 is 0 Å². The third kappa shape index (κ3) is 1.84. The van der Waals surface area contributed by atoms with Gasteiger partial charge < -0.3 is 5.73 Å². The van der Waals surface area contributed by atoms with Crippen LogP contribution in [-0.4, -0.2) is 19.8 Å². The van der Waals surface area contributed by atoms with Crippen molar-refractivity contribution in [2.24, 2.45) is 0 Å². The van der Waals surface area contributed by atoms with E-state index < -0.39 is 0 Å². The van der Waals surface area contributed by atoms with Gasteiger partial charge in [-0.3, -0.25) is 0 Å². The fourth-order valence-electron chi connectivity index (χ4n) is 2.88. The van der Waals surface area contributed by atoms with Gasteiger partial charge in [0.1, 0.15) is 0 Å². The Bertz CT molecular complexity index is 763. The Morgan fingerprint density at radius 1 is 1.25 bits per heavy atom. The Morgan fingerprint density at radius 2 is 2.05 bits per heavy atom. The lowest BCUT2D eigenvalue weighted by Crippen LogP contribution is -2.01. The fraction of sp³-hybridized carbons (Fsp3) is 0.462. The highest BCUT2D eigenvalue weighted by molar-refractivity contribution is 7.25. The van der Waals surface area contributed by atoms with Crippen molar-refractivity contribution in [3.8, 4) is 9.88 Å². The normalized spacial score (nSPS) is 16.4. The predicted molar refractivity (Wildman–Crippen MR) is 82.3 cm³/mol. The summed E-state index contributed by atoms with van der Waals surface area (Å²) in [5.41, 5.74) is 7.06. The molecule has 0 saturated heterocycles. The number of fused-ring (bicyclic) bond motifs is 1. The second-order valence-corrected chi connectivity index (χ2v) is 7.34. The lowest BCUT2D eigenvalue weighted by Gasteiger charge is -2.03. The highest BCUT2D eigenvalue weighted by atomic mass is 32.1. The van der Waals surface area contributed by atoms with Crippen molar-refractivity contribution in [3.63, 3.8) is 0 Å². The summed E-state index contributed by atoms with van der Waals surface area (Å²) in [4.78, 5) is 2.03. The van der Waals surface area contributed by atoms with Crippen molar-refractivity contribution in [1.29, 1.82) is 0 Å². The van der Waals surface area contributed by atoms with Crippen LogP contribution in [0.5, 0.6) is 0 Å². The zero-order valence-corrected chi connectivity index (χ0v) is 12.8. The molecule has 3 aromatic rings. The number of rotatable bonds is 2. The minimum Gasteiger partial charge on any atom is -0.391 e. The number of hydrogen-bond donors (Lipinski definition) is 1. The molecular formula is C13H15N5S2. The highest BCUT2D eigenvalue weighted by Gasteiger charge is 2.24. The topological polar surface area (TPSA) is 69.1 Å². The molecule has 1 aliphatic rings. The number of nitrogens with two attached hydrogens (primary N) is 1. The van der Waals surface area contributed by atoms with Crippen molar-refractivity contribution >= 4 is 32.6 Å². The van der Waals surface area contributed by atoms with Crippen LogP contribution in [0.3, 0.4) is 0 Å². The number of aryl methyl sites for hydroxylation is 1. The maximum atomic E-state index is 5.88. The van der Waals surface area contributed by atoms with E-state index in [0.717, 1.165) is 25.7 Å². The van der Waals surface area contributed by atoms with E-state index in [1.807, 2.05) is 10.6 Å². The largest absolute Gasteiger partial charge is 0.391 e. The average molecular weight is 305 g/mol. The maximum Gasteiger partial charge on any atom is 0.235 e. The molecule has 1 aliphatic carbocycles. The van der Waals surface area contributed by atoms with Crippen molar-refractivity contribution in [1.82, 2.24) is 19.8 Å². The molecule has 4 rings (SSSR count). The van der Waals surface area contributed by atoms with Crippen molar-refractivity contribution in [2.75, 3.05) is 5.73 Å². The maximum absolute atomic E-state index is 5.88. The summed E-state index contributed by atoms with van der Waals surface area (Å²) < 4.78 is 1.94. The summed E-state index contributed by atoms with van der Waals surface area (Å²) in [5.74, 6) is 1.55. The van der Waals surface area contributed by atoms with E-state index in [4.69, 9.17) is 10.8 Å². The van der Waals surface area contributed by atoms with Gasteiger partial charge in [-0.2, -0.15) is 9.61 Å². The third-order valence-corrected chi connectivity index (χ3v) is 5.98. The van der Waals surface area contributed by atoms with E-state index in [1.165, 1.54) is 31.2 Å². The number of nitrogens with zero attached hydrogens (tertiary/aromatic N) is 4. The summed E-state index contributed by atoms with van der Waals surface area (Å²) in [6.07, 6.45) is 4.99. The minimum absolute atomic E-state index is 0.523. The fourth-order valence-corrected chi connectivity index (χ4v) is 4.80. The summed E-state index contributed by atoms with van der Waals surface area (Å²) in [6, 6.07) is 2.00. The highest BCUT2D eigenvalue weighted by Crippen LogP contribution is 2.38. The van der Waals surface area contributed by atoms with Crippen molar-refractivity contribution in [2.45, 2.75) is 38.5 Å².